The maximum atomic E-state index is 12.8. The summed E-state index contributed by atoms with van der Waals surface area (Å²) in [4.78, 5) is 25.0. The maximum absolute atomic E-state index is 12.8. The van der Waals surface area contributed by atoms with Crippen LogP contribution in [0.2, 0.25) is 0 Å². The molecule has 0 aliphatic carbocycles. The molecule has 1 aromatic heterocycles. The predicted molar refractivity (Wildman–Crippen MR) is 145 cm³/mol. The van der Waals surface area contributed by atoms with Gasteiger partial charge in [-0.05, 0) is 61.9 Å². The van der Waals surface area contributed by atoms with Gasteiger partial charge in [-0.15, -0.1) is 0 Å². The van der Waals surface area contributed by atoms with E-state index < -0.39 is 22.5 Å². The first-order valence-electron chi connectivity index (χ1n) is 11.3. The highest BCUT2D eigenvalue weighted by atomic mass is 32.2. The standard InChI is InChI=1S/C26H27N3O5S2/c1-18(2)29-23-14-9-20(15-24(23)35-26(29)31)27-25(30)16-28(36(3,32)33)21-10-12-22(13-11-21)34-17-19-7-5-4-6-8-19/h4-15,18H,16-17H2,1-3H3,(H,27,30). The van der Waals surface area contributed by atoms with Crippen LogP contribution in [0.5, 0.6) is 5.75 Å². The Morgan fingerprint density at radius 3 is 2.39 bits per heavy atom. The van der Waals surface area contributed by atoms with Crippen LogP contribution in [0.25, 0.3) is 10.2 Å². The third-order valence-corrected chi connectivity index (χ3v) is 7.53. The normalized spacial score (nSPS) is 11.6. The van der Waals surface area contributed by atoms with Gasteiger partial charge in [0.2, 0.25) is 15.9 Å². The lowest BCUT2D eigenvalue weighted by Crippen LogP contribution is -2.37. The van der Waals surface area contributed by atoms with Crippen LogP contribution in [0.15, 0.2) is 77.6 Å². The molecule has 1 heterocycles. The summed E-state index contributed by atoms with van der Waals surface area (Å²) in [7, 11) is -3.73. The molecule has 0 aliphatic rings. The van der Waals surface area contributed by atoms with Gasteiger partial charge in [0, 0.05) is 11.7 Å². The molecule has 188 valence electrons. The average molecular weight is 526 g/mol. The molecule has 0 aliphatic heterocycles. The molecule has 0 radical (unpaired) electrons. The molecule has 10 heteroatoms. The topological polar surface area (TPSA) is 97.7 Å². The summed E-state index contributed by atoms with van der Waals surface area (Å²) in [6.07, 6.45) is 1.05. The van der Waals surface area contributed by atoms with E-state index in [2.05, 4.69) is 5.32 Å². The molecule has 4 rings (SSSR count). The molecule has 1 N–H and O–H groups in total. The van der Waals surface area contributed by atoms with Crippen molar-refractivity contribution in [1.82, 2.24) is 4.57 Å². The largest absolute Gasteiger partial charge is 0.489 e. The zero-order valence-electron chi connectivity index (χ0n) is 20.2. The van der Waals surface area contributed by atoms with E-state index >= 15 is 0 Å². The number of carbonyl (C=O) groups excluding carboxylic acids is 1. The number of hydrogen-bond acceptors (Lipinski definition) is 6. The fourth-order valence-corrected chi connectivity index (χ4v) is 5.69. The van der Waals surface area contributed by atoms with E-state index in [1.807, 2.05) is 44.2 Å². The summed E-state index contributed by atoms with van der Waals surface area (Å²) in [5, 5.41) is 2.74. The van der Waals surface area contributed by atoms with Crippen LogP contribution >= 0.6 is 11.3 Å². The minimum Gasteiger partial charge on any atom is -0.489 e. The number of nitrogens with zero attached hydrogens (tertiary/aromatic N) is 2. The summed E-state index contributed by atoms with van der Waals surface area (Å²) in [6, 6.07) is 21.5. The number of thiazole rings is 1. The fourth-order valence-electron chi connectivity index (χ4n) is 3.78. The first kappa shape index (κ1) is 25.5. The molecule has 36 heavy (non-hydrogen) atoms. The monoisotopic (exact) mass is 525 g/mol. The third-order valence-electron chi connectivity index (χ3n) is 5.47. The van der Waals surface area contributed by atoms with Gasteiger partial charge in [-0.1, -0.05) is 41.7 Å². The van der Waals surface area contributed by atoms with Crippen molar-refractivity contribution >= 4 is 48.9 Å². The number of rotatable bonds is 9. The molecule has 0 saturated carbocycles. The van der Waals surface area contributed by atoms with E-state index in [9.17, 15) is 18.0 Å². The van der Waals surface area contributed by atoms with Crippen molar-refractivity contribution < 1.29 is 17.9 Å². The van der Waals surface area contributed by atoms with Gasteiger partial charge in [0.05, 0.1) is 22.2 Å². The van der Waals surface area contributed by atoms with E-state index in [1.54, 1.807) is 47.0 Å². The second-order valence-electron chi connectivity index (χ2n) is 8.60. The Morgan fingerprint density at radius 1 is 1.06 bits per heavy atom. The average Bonchev–Trinajstić information content (AvgIpc) is 3.17. The summed E-state index contributed by atoms with van der Waals surface area (Å²) in [6.45, 7) is 3.86. The predicted octanol–water partition coefficient (Wildman–Crippen LogP) is 4.63. The highest BCUT2D eigenvalue weighted by molar-refractivity contribution is 7.92. The molecule has 0 unspecified atom stereocenters. The SMILES string of the molecule is CC(C)n1c(=O)sc2cc(NC(=O)CN(c3ccc(OCc4ccccc4)cc3)S(C)(=O)=O)ccc21. The molecular weight excluding hydrogens is 498 g/mol. The number of amides is 1. The van der Waals surface area contributed by atoms with Crippen molar-refractivity contribution in [2.24, 2.45) is 0 Å². The highest BCUT2D eigenvalue weighted by Gasteiger charge is 2.21. The van der Waals surface area contributed by atoms with Crippen LogP contribution in [0.1, 0.15) is 25.5 Å². The lowest BCUT2D eigenvalue weighted by molar-refractivity contribution is -0.114. The Labute approximate surface area is 213 Å². The molecule has 3 aromatic carbocycles. The van der Waals surface area contributed by atoms with E-state index in [4.69, 9.17) is 4.74 Å². The molecule has 0 saturated heterocycles. The van der Waals surface area contributed by atoms with Crippen LogP contribution in [0.4, 0.5) is 11.4 Å². The maximum Gasteiger partial charge on any atom is 0.308 e. The number of ether oxygens (including phenoxy) is 1. The van der Waals surface area contributed by atoms with Crippen molar-refractivity contribution in [3.63, 3.8) is 0 Å². The molecule has 0 fully saturated rings. The summed E-state index contributed by atoms with van der Waals surface area (Å²) in [5.74, 6) is 0.0842. The quantitative estimate of drug-likeness (QED) is 0.344. The fraction of sp³-hybridized carbons (Fsp3) is 0.231. The number of carbonyl (C=O) groups is 1. The van der Waals surface area contributed by atoms with Gasteiger partial charge in [-0.3, -0.25) is 18.5 Å². The van der Waals surface area contributed by atoms with Gasteiger partial charge < -0.3 is 10.1 Å². The molecular formula is C26H27N3O5S2. The first-order valence-corrected chi connectivity index (χ1v) is 14.0. The lowest BCUT2D eigenvalue weighted by atomic mass is 10.2. The van der Waals surface area contributed by atoms with Crippen molar-refractivity contribution in [1.29, 1.82) is 0 Å². The van der Waals surface area contributed by atoms with Gasteiger partial charge in [-0.2, -0.15) is 0 Å². The minimum absolute atomic E-state index is 0.0186. The Bertz CT molecular complexity index is 1530. The van der Waals surface area contributed by atoms with Crippen molar-refractivity contribution in [2.75, 3.05) is 22.4 Å². The Morgan fingerprint density at radius 2 is 1.75 bits per heavy atom. The van der Waals surface area contributed by atoms with E-state index in [0.717, 1.165) is 37.7 Å². The van der Waals surface area contributed by atoms with Crippen LogP contribution in [0, 0.1) is 0 Å². The summed E-state index contributed by atoms with van der Waals surface area (Å²) in [5.41, 5.74) is 2.65. The molecule has 8 nitrogen and oxygen atoms in total. The number of aromatic nitrogens is 1. The number of fused-ring (bicyclic) bond motifs is 1. The van der Waals surface area contributed by atoms with Gasteiger partial charge in [-0.25, -0.2) is 8.42 Å². The van der Waals surface area contributed by atoms with Crippen molar-refractivity contribution in [2.45, 2.75) is 26.5 Å². The van der Waals surface area contributed by atoms with Crippen molar-refractivity contribution in [3.8, 4) is 5.75 Å². The number of hydrogen-bond donors (Lipinski definition) is 1. The van der Waals surface area contributed by atoms with Gasteiger partial charge in [0.1, 0.15) is 18.9 Å². The summed E-state index contributed by atoms with van der Waals surface area (Å²) < 4.78 is 34.2. The Balaban J connectivity index is 1.46. The van der Waals surface area contributed by atoms with E-state index in [0.29, 0.717) is 23.7 Å². The summed E-state index contributed by atoms with van der Waals surface area (Å²) >= 11 is 1.11. The number of sulfonamides is 1. The first-order chi connectivity index (χ1) is 17.1. The second-order valence-corrected chi connectivity index (χ2v) is 11.5. The van der Waals surface area contributed by atoms with Gasteiger partial charge >= 0.3 is 4.87 Å². The zero-order valence-corrected chi connectivity index (χ0v) is 21.8. The molecule has 0 spiro atoms. The van der Waals surface area contributed by atoms with Gasteiger partial charge in [0.15, 0.2) is 0 Å². The smallest absolute Gasteiger partial charge is 0.308 e. The lowest BCUT2D eigenvalue weighted by Gasteiger charge is -2.22. The second kappa shape index (κ2) is 10.5. The van der Waals surface area contributed by atoms with E-state index in [-0.39, 0.29) is 10.9 Å². The molecule has 0 bridgehead atoms. The zero-order chi connectivity index (χ0) is 25.9. The number of nitrogens with one attached hydrogen (secondary N) is 1. The van der Waals surface area contributed by atoms with Crippen molar-refractivity contribution in [3.05, 3.63) is 88.0 Å². The van der Waals surface area contributed by atoms with E-state index in [1.165, 1.54) is 0 Å². The Hall–Kier alpha value is -3.63. The molecule has 1 amide bonds. The third kappa shape index (κ3) is 5.95. The number of benzene rings is 3. The minimum atomic E-state index is -3.73. The molecule has 0 atom stereocenters. The van der Waals surface area contributed by atoms with Crippen LogP contribution in [0.3, 0.4) is 0 Å². The Kier molecular flexibility index (Phi) is 7.46. The van der Waals surface area contributed by atoms with Gasteiger partial charge in [0.25, 0.3) is 0 Å². The number of anilines is 2. The highest BCUT2D eigenvalue weighted by Crippen LogP contribution is 2.25. The van der Waals surface area contributed by atoms with Crippen LogP contribution < -0.4 is 19.2 Å². The molecule has 4 aromatic rings. The van der Waals surface area contributed by atoms with Crippen LogP contribution in [-0.2, 0) is 21.4 Å². The van der Waals surface area contributed by atoms with Crippen LogP contribution in [-0.4, -0.2) is 31.7 Å².